The number of hydrogen-bond acceptors (Lipinski definition) is 5. The molecule has 0 aliphatic carbocycles. The second kappa shape index (κ2) is 6.36. The molecule has 0 spiro atoms. The van der Waals surface area contributed by atoms with Gasteiger partial charge in [0.15, 0.2) is 16.3 Å². The van der Waals surface area contributed by atoms with Gasteiger partial charge in [0, 0.05) is 43.3 Å². The van der Waals surface area contributed by atoms with Gasteiger partial charge < -0.3 is 18.9 Å². The van der Waals surface area contributed by atoms with Crippen LogP contribution in [0.4, 0.5) is 5.69 Å². The highest BCUT2D eigenvalue weighted by molar-refractivity contribution is 7.07. The smallest absolute Gasteiger partial charge is 0.253 e. The van der Waals surface area contributed by atoms with Crippen molar-refractivity contribution in [2.75, 3.05) is 24.7 Å². The van der Waals surface area contributed by atoms with Crippen molar-refractivity contribution < 1.29 is 19.1 Å². The Hall–Kier alpha value is -2.61. The van der Waals surface area contributed by atoms with E-state index in [4.69, 9.17) is 9.47 Å². The lowest BCUT2D eigenvalue weighted by atomic mass is 10.1. The average molecular weight is 359 g/mol. The maximum absolute atomic E-state index is 12.4. The van der Waals surface area contributed by atoms with E-state index in [1.807, 2.05) is 24.7 Å². The topological polar surface area (TPSA) is 73.1 Å². The summed E-state index contributed by atoms with van der Waals surface area (Å²) < 4.78 is 12.9. The van der Waals surface area contributed by atoms with E-state index in [-0.39, 0.29) is 18.2 Å². The van der Waals surface area contributed by atoms with Crippen LogP contribution in [0.25, 0.3) is 0 Å². The molecule has 0 bridgehead atoms. The molecule has 2 aromatic rings. The van der Waals surface area contributed by atoms with Crippen molar-refractivity contribution in [3.63, 3.8) is 0 Å². The van der Waals surface area contributed by atoms with Gasteiger partial charge in [0.05, 0.1) is 5.92 Å². The first-order valence-corrected chi connectivity index (χ1v) is 8.88. The molecule has 1 aromatic carbocycles. The van der Waals surface area contributed by atoms with Crippen molar-refractivity contribution in [2.45, 2.75) is 6.42 Å². The molecule has 25 heavy (non-hydrogen) atoms. The van der Waals surface area contributed by atoms with E-state index in [0.717, 1.165) is 0 Å². The number of aryl methyl sites for hydroxylation is 1. The quantitative estimate of drug-likeness (QED) is 0.811. The van der Waals surface area contributed by atoms with Crippen LogP contribution in [0.5, 0.6) is 11.5 Å². The third kappa shape index (κ3) is 3.05. The molecule has 1 aromatic heterocycles. The first-order chi connectivity index (χ1) is 12.1. The predicted octanol–water partition coefficient (Wildman–Crippen LogP) is 1.34. The summed E-state index contributed by atoms with van der Waals surface area (Å²) in [5, 5.41) is 1.87. The number of anilines is 1. The van der Waals surface area contributed by atoms with E-state index < -0.39 is 5.92 Å². The molecule has 2 amide bonds. The molecule has 3 heterocycles. The minimum atomic E-state index is -0.428. The molecule has 1 saturated heterocycles. The normalized spacial score (nSPS) is 20.2. The molecule has 0 saturated carbocycles. The van der Waals surface area contributed by atoms with Crippen LogP contribution in [-0.4, -0.2) is 36.1 Å². The number of carbonyl (C=O) groups is 2. The predicted molar refractivity (Wildman–Crippen MR) is 91.8 cm³/mol. The fourth-order valence-electron chi connectivity index (χ4n) is 2.94. The zero-order valence-electron chi connectivity index (χ0n) is 13.7. The lowest BCUT2D eigenvalue weighted by molar-refractivity contribution is -0.123. The van der Waals surface area contributed by atoms with Gasteiger partial charge in [0.2, 0.25) is 5.91 Å². The number of aromatic nitrogens is 1. The SMILES string of the molecule is Cn1ccsc1=NC(=O)C1CC(=O)N(c2ccc3c(c2)OCCO3)C1. The van der Waals surface area contributed by atoms with Crippen LogP contribution in [-0.2, 0) is 16.6 Å². The molecule has 130 valence electrons. The molecule has 1 atom stereocenters. The van der Waals surface area contributed by atoms with Crippen molar-refractivity contribution in [1.29, 1.82) is 0 Å². The molecule has 1 unspecified atom stereocenters. The number of nitrogens with zero attached hydrogens (tertiary/aromatic N) is 3. The van der Waals surface area contributed by atoms with Crippen LogP contribution in [0.3, 0.4) is 0 Å². The third-order valence-electron chi connectivity index (χ3n) is 4.28. The van der Waals surface area contributed by atoms with Crippen LogP contribution in [0.2, 0.25) is 0 Å². The Morgan fingerprint density at radius 3 is 2.84 bits per heavy atom. The number of thiazole rings is 1. The highest BCUT2D eigenvalue weighted by Gasteiger charge is 2.35. The van der Waals surface area contributed by atoms with Crippen LogP contribution in [0.1, 0.15) is 6.42 Å². The zero-order chi connectivity index (χ0) is 17.4. The summed E-state index contributed by atoms with van der Waals surface area (Å²) in [7, 11) is 1.84. The fraction of sp³-hybridized carbons (Fsp3) is 0.353. The number of ether oxygens (including phenoxy) is 2. The number of hydrogen-bond donors (Lipinski definition) is 0. The molecular weight excluding hydrogens is 342 g/mol. The highest BCUT2D eigenvalue weighted by Crippen LogP contribution is 2.36. The number of benzene rings is 1. The van der Waals surface area contributed by atoms with E-state index in [2.05, 4.69) is 4.99 Å². The van der Waals surface area contributed by atoms with E-state index >= 15 is 0 Å². The van der Waals surface area contributed by atoms with Gasteiger partial charge in [-0.05, 0) is 12.1 Å². The van der Waals surface area contributed by atoms with E-state index in [0.29, 0.717) is 41.7 Å². The van der Waals surface area contributed by atoms with Crippen LogP contribution in [0.15, 0.2) is 34.8 Å². The zero-order valence-corrected chi connectivity index (χ0v) is 14.5. The Morgan fingerprint density at radius 2 is 2.08 bits per heavy atom. The lowest BCUT2D eigenvalue weighted by Gasteiger charge is -2.22. The summed E-state index contributed by atoms with van der Waals surface area (Å²) in [5.41, 5.74) is 0.714. The van der Waals surface area contributed by atoms with Gasteiger partial charge in [0.1, 0.15) is 13.2 Å². The van der Waals surface area contributed by atoms with E-state index in [9.17, 15) is 9.59 Å². The molecule has 1 fully saturated rings. The van der Waals surface area contributed by atoms with Gasteiger partial charge in [0.25, 0.3) is 5.91 Å². The monoisotopic (exact) mass is 359 g/mol. The standard InChI is InChI=1S/C17H17N3O4S/c1-19-4-7-25-17(19)18-16(22)11-8-15(21)20(10-11)12-2-3-13-14(9-12)24-6-5-23-13/h2-4,7,9,11H,5-6,8,10H2,1H3. The van der Waals surface area contributed by atoms with Crippen molar-refractivity contribution in [3.05, 3.63) is 34.6 Å². The average Bonchev–Trinajstić information content (AvgIpc) is 3.20. The summed E-state index contributed by atoms with van der Waals surface area (Å²) in [6, 6.07) is 5.40. The van der Waals surface area contributed by atoms with Crippen molar-refractivity contribution >= 4 is 28.8 Å². The van der Waals surface area contributed by atoms with Gasteiger partial charge in [-0.15, -0.1) is 11.3 Å². The molecule has 0 N–H and O–H groups in total. The molecule has 0 radical (unpaired) electrons. The molecule has 2 aliphatic heterocycles. The minimum absolute atomic E-state index is 0.0826. The van der Waals surface area contributed by atoms with Gasteiger partial charge in [-0.1, -0.05) is 0 Å². The first-order valence-electron chi connectivity index (χ1n) is 8.00. The van der Waals surface area contributed by atoms with Crippen LogP contribution < -0.4 is 19.2 Å². The van der Waals surface area contributed by atoms with E-state index in [1.54, 1.807) is 21.6 Å². The first kappa shape index (κ1) is 15.9. The van der Waals surface area contributed by atoms with Crippen LogP contribution >= 0.6 is 11.3 Å². The Labute approximate surface area is 148 Å². The maximum atomic E-state index is 12.4. The maximum Gasteiger partial charge on any atom is 0.253 e. The summed E-state index contributed by atoms with van der Waals surface area (Å²) >= 11 is 1.40. The molecular formula is C17H17N3O4S. The second-order valence-corrected chi connectivity index (χ2v) is 6.85. The third-order valence-corrected chi connectivity index (χ3v) is 5.13. The number of amides is 2. The second-order valence-electron chi connectivity index (χ2n) is 5.98. The van der Waals surface area contributed by atoms with E-state index in [1.165, 1.54) is 11.3 Å². The van der Waals surface area contributed by atoms with Crippen molar-refractivity contribution in [3.8, 4) is 11.5 Å². The van der Waals surface area contributed by atoms with Crippen molar-refractivity contribution in [2.24, 2.45) is 18.0 Å². The van der Waals surface area contributed by atoms with Gasteiger partial charge in [-0.2, -0.15) is 4.99 Å². The Balaban J connectivity index is 1.54. The number of carbonyl (C=O) groups excluding carboxylic acids is 2. The Kier molecular flexibility index (Phi) is 4.04. The minimum Gasteiger partial charge on any atom is -0.486 e. The number of fused-ring (bicyclic) bond motifs is 1. The number of rotatable bonds is 2. The Bertz CT molecular complexity index is 901. The summed E-state index contributed by atoms with van der Waals surface area (Å²) in [4.78, 5) is 31.2. The molecule has 4 rings (SSSR count). The lowest BCUT2D eigenvalue weighted by Crippen LogP contribution is -2.26. The summed E-state index contributed by atoms with van der Waals surface area (Å²) in [6.45, 7) is 1.34. The Morgan fingerprint density at radius 1 is 1.28 bits per heavy atom. The largest absolute Gasteiger partial charge is 0.486 e. The summed E-state index contributed by atoms with van der Waals surface area (Å²) in [6.07, 6.45) is 2.02. The molecule has 7 nitrogen and oxygen atoms in total. The van der Waals surface area contributed by atoms with Gasteiger partial charge in [-0.3, -0.25) is 9.59 Å². The molecule has 2 aliphatic rings. The molecule has 8 heteroatoms. The summed E-state index contributed by atoms with van der Waals surface area (Å²) in [5.74, 6) is 0.533. The van der Waals surface area contributed by atoms with Crippen molar-refractivity contribution in [1.82, 2.24) is 4.57 Å². The highest BCUT2D eigenvalue weighted by atomic mass is 32.1. The fourth-order valence-corrected chi connectivity index (χ4v) is 3.68. The van der Waals surface area contributed by atoms with Crippen LogP contribution in [0, 0.1) is 5.92 Å². The van der Waals surface area contributed by atoms with Gasteiger partial charge >= 0.3 is 0 Å². The van der Waals surface area contributed by atoms with Gasteiger partial charge in [-0.25, -0.2) is 0 Å².